The van der Waals surface area contributed by atoms with Gasteiger partial charge in [-0.15, -0.1) is 0 Å². The second-order valence-electron chi connectivity index (χ2n) is 6.84. The Labute approximate surface area is 174 Å². The second-order valence-corrected chi connectivity index (χ2v) is 8.75. The number of carbonyl (C=O) groups is 1. The molecule has 0 saturated heterocycles. The molecule has 0 bridgehead atoms. The summed E-state index contributed by atoms with van der Waals surface area (Å²) < 4.78 is 38.4. The monoisotopic (exact) mass is 437 g/mol. The van der Waals surface area contributed by atoms with Crippen molar-refractivity contribution in [1.29, 1.82) is 0 Å². The lowest BCUT2D eigenvalue weighted by Crippen LogP contribution is -2.33. The van der Waals surface area contributed by atoms with E-state index in [1.165, 1.54) is 37.3 Å². The largest absolute Gasteiger partial charge is 0.356 e. The van der Waals surface area contributed by atoms with Crippen LogP contribution in [0, 0.1) is 22.9 Å². The van der Waals surface area contributed by atoms with E-state index in [2.05, 4.69) is 5.32 Å². The van der Waals surface area contributed by atoms with Crippen molar-refractivity contribution in [3.63, 3.8) is 0 Å². The number of nitrogens with zero attached hydrogens (tertiary/aromatic N) is 2. The molecule has 1 amide bonds. The zero-order chi connectivity index (χ0) is 22.3. The van der Waals surface area contributed by atoms with Crippen molar-refractivity contribution in [2.75, 3.05) is 23.7 Å². The molecule has 0 heterocycles. The van der Waals surface area contributed by atoms with Gasteiger partial charge in [-0.1, -0.05) is 18.2 Å². The quantitative estimate of drug-likeness (QED) is 0.454. The van der Waals surface area contributed by atoms with Crippen molar-refractivity contribution >= 4 is 27.3 Å². The minimum Gasteiger partial charge on any atom is -0.356 e. The number of benzene rings is 2. The number of nitro groups is 1. The molecule has 0 fully saturated rings. The topological polar surface area (TPSA) is 110 Å². The third-order valence-electron chi connectivity index (χ3n) is 4.56. The molecule has 2 rings (SSSR count). The summed E-state index contributed by atoms with van der Waals surface area (Å²) >= 11 is 0. The standard InChI is InChI=1S/C20H24FN3O5S/c1-15-18(5-3-6-19(15)24(26)27)23(30(2,28)29)14-4-7-20(25)22-13-12-16-8-10-17(21)11-9-16/h3,5-6,8-11H,4,7,12-14H2,1-2H3,(H,22,25). The minimum absolute atomic E-state index is 0.0201. The van der Waals surface area contributed by atoms with Gasteiger partial charge >= 0.3 is 0 Å². The Bertz CT molecular complexity index is 1010. The molecule has 1 N–H and O–H groups in total. The summed E-state index contributed by atoms with van der Waals surface area (Å²) in [5.74, 6) is -0.557. The fourth-order valence-electron chi connectivity index (χ4n) is 3.01. The maximum absolute atomic E-state index is 12.9. The van der Waals surface area contributed by atoms with Crippen molar-refractivity contribution in [1.82, 2.24) is 5.32 Å². The van der Waals surface area contributed by atoms with Gasteiger partial charge in [0.1, 0.15) is 5.82 Å². The van der Waals surface area contributed by atoms with Crippen LogP contribution in [0.2, 0.25) is 0 Å². The van der Waals surface area contributed by atoms with E-state index in [1.54, 1.807) is 12.1 Å². The van der Waals surface area contributed by atoms with Crippen LogP contribution in [0.5, 0.6) is 0 Å². The first-order valence-corrected chi connectivity index (χ1v) is 11.2. The number of amides is 1. The molecular weight excluding hydrogens is 413 g/mol. The van der Waals surface area contributed by atoms with Crippen molar-refractivity contribution in [3.8, 4) is 0 Å². The van der Waals surface area contributed by atoms with Crippen LogP contribution in [0.4, 0.5) is 15.8 Å². The Balaban J connectivity index is 1.93. The lowest BCUT2D eigenvalue weighted by atomic mass is 10.1. The molecule has 2 aromatic rings. The molecule has 8 nitrogen and oxygen atoms in total. The van der Waals surface area contributed by atoms with E-state index in [4.69, 9.17) is 0 Å². The molecule has 0 aliphatic heterocycles. The van der Waals surface area contributed by atoms with Crippen LogP contribution >= 0.6 is 0 Å². The van der Waals surface area contributed by atoms with E-state index in [1.807, 2.05) is 0 Å². The second kappa shape index (κ2) is 10.1. The zero-order valence-corrected chi connectivity index (χ0v) is 17.6. The molecule has 0 radical (unpaired) electrons. The van der Waals surface area contributed by atoms with Crippen LogP contribution in [-0.2, 0) is 21.2 Å². The molecule has 0 atom stereocenters. The predicted octanol–water partition coefficient (Wildman–Crippen LogP) is 2.95. The number of rotatable bonds is 10. The van der Waals surface area contributed by atoms with Crippen LogP contribution in [0.3, 0.4) is 0 Å². The Morgan fingerprint density at radius 1 is 1.20 bits per heavy atom. The van der Waals surface area contributed by atoms with Gasteiger partial charge in [0.25, 0.3) is 5.69 Å². The van der Waals surface area contributed by atoms with Crippen LogP contribution < -0.4 is 9.62 Å². The number of anilines is 1. The maximum atomic E-state index is 12.9. The highest BCUT2D eigenvalue weighted by Crippen LogP contribution is 2.29. The van der Waals surface area contributed by atoms with E-state index in [-0.39, 0.29) is 48.0 Å². The van der Waals surface area contributed by atoms with Gasteiger partial charge in [-0.2, -0.15) is 0 Å². The molecule has 0 aromatic heterocycles. The molecule has 0 aliphatic carbocycles. The first kappa shape index (κ1) is 23.3. The van der Waals surface area contributed by atoms with Gasteiger partial charge in [0.05, 0.1) is 22.4 Å². The summed E-state index contributed by atoms with van der Waals surface area (Å²) in [6, 6.07) is 10.3. The van der Waals surface area contributed by atoms with Gasteiger partial charge in [-0.05, 0) is 43.5 Å². The minimum atomic E-state index is -3.69. The molecule has 162 valence electrons. The normalized spacial score (nSPS) is 11.2. The van der Waals surface area contributed by atoms with E-state index in [0.717, 1.165) is 16.1 Å². The van der Waals surface area contributed by atoms with Crippen molar-refractivity contribution in [3.05, 3.63) is 69.5 Å². The molecule has 30 heavy (non-hydrogen) atoms. The maximum Gasteiger partial charge on any atom is 0.274 e. The summed E-state index contributed by atoms with van der Waals surface area (Å²) in [6.07, 6.45) is 1.92. The van der Waals surface area contributed by atoms with Crippen LogP contribution in [-0.4, -0.2) is 38.6 Å². The average molecular weight is 437 g/mol. The molecule has 0 spiro atoms. The number of hydrogen-bond donors (Lipinski definition) is 1. The zero-order valence-electron chi connectivity index (χ0n) is 16.8. The highest BCUT2D eigenvalue weighted by atomic mass is 32.2. The molecular formula is C20H24FN3O5S. The van der Waals surface area contributed by atoms with E-state index >= 15 is 0 Å². The van der Waals surface area contributed by atoms with Crippen molar-refractivity contribution in [2.24, 2.45) is 0 Å². The average Bonchev–Trinajstić information content (AvgIpc) is 2.66. The summed E-state index contributed by atoms with van der Waals surface area (Å²) in [5.41, 5.74) is 1.20. The highest BCUT2D eigenvalue weighted by molar-refractivity contribution is 7.92. The number of nitro benzene ring substituents is 1. The van der Waals surface area contributed by atoms with Crippen molar-refractivity contribution < 1.29 is 22.5 Å². The first-order valence-electron chi connectivity index (χ1n) is 9.32. The third kappa shape index (κ3) is 6.51. The number of nitrogens with one attached hydrogen (secondary N) is 1. The van der Waals surface area contributed by atoms with Gasteiger partial charge < -0.3 is 5.32 Å². The lowest BCUT2D eigenvalue weighted by Gasteiger charge is -2.24. The molecule has 2 aromatic carbocycles. The first-order chi connectivity index (χ1) is 14.1. The molecule has 0 aliphatic rings. The fourth-order valence-corrected chi connectivity index (χ4v) is 4.03. The SMILES string of the molecule is Cc1c(N(CCCC(=O)NCCc2ccc(F)cc2)S(C)(=O)=O)cccc1[N+](=O)[O-]. The Morgan fingerprint density at radius 3 is 2.47 bits per heavy atom. The lowest BCUT2D eigenvalue weighted by molar-refractivity contribution is -0.385. The molecule has 0 saturated carbocycles. The third-order valence-corrected chi connectivity index (χ3v) is 5.74. The number of halogens is 1. The predicted molar refractivity (Wildman–Crippen MR) is 112 cm³/mol. The van der Waals surface area contributed by atoms with Gasteiger partial charge in [-0.25, -0.2) is 12.8 Å². The molecule has 0 unspecified atom stereocenters. The summed E-state index contributed by atoms with van der Waals surface area (Å²) in [4.78, 5) is 22.6. The van der Waals surface area contributed by atoms with E-state index in [0.29, 0.717) is 13.0 Å². The van der Waals surface area contributed by atoms with Gasteiger partial charge in [0, 0.05) is 25.6 Å². The fraction of sp³-hybridized carbons (Fsp3) is 0.350. The highest BCUT2D eigenvalue weighted by Gasteiger charge is 2.23. The Hall–Kier alpha value is -3.01. The summed E-state index contributed by atoms with van der Waals surface area (Å²) in [7, 11) is -3.69. The van der Waals surface area contributed by atoms with Gasteiger partial charge in [0.15, 0.2) is 0 Å². The smallest absolute Gasteiger partial charge is 0.274 e. The number of carbonyl (C=O) groups excluding carboxylic acids is 1. The Kier molecular flexibility index (Phi) is 7.87. The van der Waals surface area contributed by atoms with Crippen LogP contribution in [0.1, 0.15) is 24.0 Å². The number of sulfonamides is 1. The van der Waals surface area contributed by atoms with Crippen molar-refractivity contribution in [2.45, 2.75) is 26.2 Å². The molecule has 10 heteroatoms. The van der Waals surface area contributed by atoms with Gasteiger partial charge in [0.2, 0.25) is 15.9 Å². The van der Waals surface area contributed by atoms with E-state index in [9.17, 15) is 27.7 Å². The number of hydrogen-bond acceptors (Lipinski definition) is 5. The van der Waals surface area contributed by atoms with Gasteiger partial charge in [-0.3, -0.25) is 19.2 Å². The van der Waals surface area contributed by atoms with Crippen LogP contribution in [0.25, 0.3) is 0 Å². The summed E-state index contributed by atoms with van der Waals surface area (Å²) in [5, 5.41) is 13.9. The summed E-state index contributed by atoms with van der Waals surface area (Å²) in [6.45, 7) is 1.89. The van der Waals surface area contributed by atoms with E-state index < -0.39 is 14.9 Å². The Morgan fingerprint density at radius 2 is 1.87 bits per heavy atom. The van der Waals surface area contributed by atoms with Crippen LogP contribution in [0.15, 0.2) is 42.5 Å².